The van der Waals surface area contributed by atoms with Crippen molar-refractivity contribution < 1.29 is 19.1 Å². The Hall–Kier alpha value is -2.82. The fraction of sp³-hybridized carbons (Fsp3) is 0.125. The maximum atomic E-state index is 12.1. The third-order valence-corrected chi connectivity index (χ3v) is 2.84. The Morgan fingerprint density at radius 2 is 2.00 bits per heavy atom. The number of carboxylic acid groups (broad SMARTS) is 1. The van der Waals surface area contributed by atoms with Crippen molar-refractivity contribution in [1.82, 2.24) is 0 Å². The van der Waals surface area contributed by atoms with Gasteiger partial charge < -0.3 is 19.6 Å². The Morgan fingerprint density at radius 3 is 2.62 bits per heavy atom. The summed E-state index contributed by atoms with van der Waals surface area (Å²) in [5.41, 5.74) is 1.69. The van der Waals surface area contributed by atoms with Crippen molar-refractivity contribution in [3.05, 3.63) is 59.1 Å². The van der Waals surface area contributed by atoms with Gasteiger partial charge in [-0.15, -0.1) is 0 Å². The van der Waals surface area contributed by atoms with E-state index in [-0.39, 0.29) is 5.91 Å². The molecule has 21 heavy (non-hydrogen) atoms. The number of nitrogens with one attached hydrogen (secondary N) is 1. The molecule has 5 nitrogen and oxygen atoms in total. The van der Waals surface area contributed by atoms with E-state index in [4.69, 9.17) is 4.42 Å². The predicted octanol–water partition coefficient (Wildman–Crippen LogP) is 1.91. The quantitative estimate of drug-likeness (QED) is 0.869. The first kappa shape index (κ1) is 14.6. The molecule has 0 radical (unpaired) electrons. The van der Waals surface area contributed by atoms with Gasteiger partial charge in [-0.25, -0.2) is 0 Å². The van der Waals surface area contributed by atoms with Gasteiger partial charge in [0.1, 0.15) is 11.5 Å². The van der Waals surface area contributed by atoms with Gasteiger partial charge in [0, 0.05) is 5.69 Å². The van der Waals surface area contributed by atoms with Crippen molar-refractivity contribution in [2.75, 3.05) is 5.32 Å². The van der Waals surface area contributed by atoms with Gasteiger partial charge >= 0.3 is 0 Å². The Balaban J connectivity index is 2.16. The molecule has 1 N–H and O–H groups in total. The van der Waals surface area contributed by atoms with E-state index in [2.05, 4.69) is 5.32 Å². The number of aliphatic carboxylic acids is 1. The first-order chi connectivity index (χ1) is 9.95. The smallest absolute Gasteiger partial charge is 0.259 e. The predicted molar refractivity (Wildman–Crippen MR) is 76.6 cm³/mol. The van der Waals surface area contributed by atoms with Crippen LogP contribution in [0.3, 0.4) is 0 Å². The summed E-state index contributed by atoms with van der Waals surface area (Å²) in [7, 11) is 0. The standard InChI is InChI=1S/C16H15NO4/c1-10-8-14(11(2)21-10)16(20)17-13-5-3-4-12(9-13)6-7-15(18)19/h3-9H,1-2H3,(H,17,20)(H,18,19)/p-1. The largest absolute Gasteiger partial charge is 0.545 e. The molecule has 0 aliphatic heterocycles. The van der Waals surface area contributed by atoms with Crippen molar-refractivity contribution in [2.24, 2.45) is 0 Å². The van der Waals surface area contributed by atoms with Gasteiger partial charge in [-0.2, -0.15) is 0 Å². The molecule has 0 unspecified atom stereocenters. The summed E-state index contributed by atoms with van der Waals surface area (Å²) in [5, 5.41) is 13.1. The summed E-state index contributed by atoms with van der Waals surface area (Å²) in [5.74, 6) is -0.319. The summed E-state index contributed by atoms with van der Waals surface area (Å²) in [4.78, 5) is 22.5. The van der Waals surface area contributed by atoms with Crippen molar-refractivity contribution >= 4 is 23.6 Å². The normalized spacial score (nSPS) is 10.8. The van der Waals surface area contributed by atoms with Gasteiger partial charge in [-0.3, -0.25) is 4.79 Å². The first-order valence-corrected chi connectivity index (χ1v) is 6.33. The average molecular weight is 284 g/mol. The van der Waals surface area contributed by atoms with E-state index in [0.29, 0.717) is 28.3 Å². The zero-order valence-electron chi connectivity index (χ0n) is 11.7. The van der Waals surface area contributed by atoms with Gasteiger partial charge in [0.05, 0.1) is 11.5 Å². The van der Waals surface area contributed by atoms with E-state index in [9.17, 15) is 14.7 Å². The number of furan rings is 1. The number of aryl methyl sites for hydroxylation is 2. The highest BCUT2D eigenvalue weighted by atomic mass is 16.4. The highest BCUT2D eigenvalue weighted by molar-refractivity contribution is 6.05. The molecule has 0 bridgehead atoms. The van der Waals surface area contributed by atoms with E-state index < -0.39 is 5.97 Å². The molecule has 0 saturated carbocycles. The van der Waals surface area contributed by atoms with Crippen LogP contribution in [0.1, 0.15) is 27.4 Å². The summed E-state index contributed by atoms with van der Waals surface area (Å²) >= 11 is 0. The van der Waals surface area contributed by atoms with Gasteiger partial charge in [-0.05, 0) is 43.7 Å². The van der Waals surface area contributed by atoms with Crippen LogP contribution in [0.25, 0.3) is 6.08 Å². The Kier molecular flexibility index (Phi) is 4.23. The van der Waals surface area contributed by atoms with Crippen molar-refractivity contribution in [2.45, 2.75) is 13.8 Å². The average Bonchev–Trinajstić information content (AvgIpc) is 2.76. The molecule has 1 heterocycles. The maximum Gasteiger partial charge on any atom is 0.259 e. The van der Waals surface area contributed by atoms with Crippen LogP contribution in [0.4, 0.5) is 5.69 Å². The molecular formula is C16H14NO4-. The van der Waals surface area contributed by atoms with Crippen LogP contribution in [0, 0.1) is 13.8 Å². The van der Waals surface area contributed by atoms with Crippen LogP contribution >= 0.6 is 0 Å². The van der Waals surface area contributed by atoms with Crippen LogP contribution in [0.2, 0.25) is 0 Å². The monoisotopic (exact) mass is 284 g/mol. The zero-order chi connectivity index (χ0) is 15.4. The lowest BCUT2D eigenvalue weighted by Gasteiger charge is -2.05. The van der Waals surface area contributed by atoms with E-state index in [1.807, 2.05) is 0 Å². The number of amides is 1. The van der Waals surface area contributed by atoms with Crippen LogP contribution in [0.15, 0.2) is 40.8 Å². The minimum absolute atomic E-state index is 0.273. The second-order valence-corrected chi connectivity index (χ2v) is 4.56. The second-order valence-electron chi connectivity index (χ2n) is 4.56. The Bertz CT molecular complexity index is 713. The van der Waals surface area contributed by atoms with Crippen LogP contribution in [-0.4, -0.2) is 11.9 Å². The molecule has 0 aliphatic carbocycles. The second kappa shape index (κ2) is 6.09. The molecule has 0 atom stereocenters. The van der Waals surface area contributed by atoms with Gasteiger partial charge in [-0.1, -0.05) is 18.2 Å². The van der Waals surface area contributed by atoms with Gasteiger partial charge in [0.25, 0.3) is 5.91 Å². The lowest BCUT2D eigenvalue weighted by atomic mass is 10.1. The fourth-order valence-electron chi connectivity index (χ4n) is 1.94. The lowest BCUT2D eigenvalue weighted by Crippen LogP contribution is -2.18. The highest BCUT2D eigenvalue weighted by Crippen LogP contribution is 2.17. The summed E-state index contributed by atoms with van der Waals surface area (Å²) in [6.07, 6.45) is 2.34. The van der Waals surface area contributed by atoms with E-state index >= 15 is 0 Å². The minimum Gasteiger partial charge on any atom is -0.545 e. The highest BCUT2D eigenvalue weighted by Gasteiger charge is 2.13. The number of benzene rings is 1. The number of carbonyl (C=O) groups is 2. The molecule has 1 amide bonds. The van der Waals surface area contributed by atoms with Crippen LogP contribution in [0.5, 0.6) is 0 Å². The van der Waals surface area contributed by atoms with Gasteiger partial charge in [0.2, 0.25) is 0 Å². The zero-order valence-corrected chi connectivity index (χ0v) is 11.7. The Labute approximate surface area is 121 Å². The van der Waals surface area contributed by atoms with E-state index in [1.165, 1.54) is 6.08 Å². The lowest BCUT2D eigenvalue weighted by molar-refractivity contribution is -0.297. The molecule has 0 aliphatic rings. The summed E-state index contributed by atoms with van der Waals surface area (Å²) in [6, 6.07) is 8.50. The number of hydrogen-bond donors (Lipinski definition) is 1. The van der Waals surface area contributed by atoms with Crippen LogP contribution in [-0.2, 0) is 4.79 Å². The first-order valence-electron chi connectivity index (χ1n) is 6.33. The SMILES string of the molecule is Cc1cc(C(=O)Nc2cccc(C=CC(=O)[O-])c2)c(C)o1. The molecule has 0 fully saturated rings. The number of carbonyl (C=O) groups excluding carboxylic acids is 2. The molecule has 1 aromatic heterocycles. The minimum atomic E-state index is -1.27. The Morgan fingerprint density at radius 1 is 1.24 bits per heavy atom. The summed E-state index contributed by atoms with van der Waals surface area (Å²) in [6.45, 7) is 3.50. The molecule has 0 spiro atoms. The topological polar surface area (TPSA) is 82.4 Å². The van der Waals surface area contributed by atoms with Gasteiger partial charge in [0.15, 0.2) is 0 Å². The third-order valence-electron chi connectivity index (χ3n) is 2.84. The third kappa shape index (κ3) is 3.82. The van der Waals surface area contributed by atoms with Crippen LogP contribution < -0.4 is 10.4 Å². The van der Waals surface area contributed by atoms with Crippen molar-refractivity contribution in [1.29, 1.82) is 0 Å². The number of anilines is 1. The molecule has 2 rings (SSSR count). The van der Waals surface area contributed by atoms with E-state index in [1.54, 1.807) is 44.2 Å². The molecular weight excluding hydrogens is 270 g/mol. The molecule has 2 aromatic rings. The molecule has 108 valence electrons. The number of carboxylic acids is 1. The fourth-order valence-corrected chi connectivity index (χ4v) is 1.94. The number of rotatable bonds is 4. The summed E-state index contributed by atoms with van der Waals surface area (Å²) < 4.78 is 5.32. The maximum absolute atomic E-state index is 12.1. The van der Waals surface area contributed by atoms with Crippen molar-refractivity contribution in [3.63, 3.8) is 0 Å². The van der Waals surface area contributed by atoms with E-state index in [0.717, 1.165) is 6.08 Å². The number of hydrogen-bond acceptors (Lipinski definition) is 4. The molecule has 1 aromatic carbocycles. The molecule has 5 heteroatoms. The molecule has 0 saturated heterocycles. The van der Waals surface area contributed by atoms with Crippen molar-refractivity contribution in [3.8, 4) is 0 Å².